The summed E-state index contributed by atoms with van der Waals surface area (Å²) in [5.41, 5.74) is -0.0537. The third kappa shape index (κ3) is 2.39. The summed E-state index contributed by atoms with van der Waals surface area (Å²) in [7, 11) is 2.20. The molecule has 2 heteroatoms. The molecule has 1 N–H and O–H groups in total. The van der Waals surface area contributed by atoms with Crippen LogP contribution in [0, 0.1) is 17.8 Å². The average Bonchev–Trinajstić information content (AvgIpc) is 2.89. The van der Waals surface area contributed by atoms with Gasteiger partial charge in [-0.15, -0.1) is 0 Å². The summed E-state index contributed by atoms with van der Waals surface area (Å²) in [5.74, 6) is 2.90. The van der Waals surface area contributed by atoms with Gasteiger partial charge < -0.3 is 5.11 Å². The fourth-order valence-electron chi connectivity index (χ4n) is 4.04. The van der Waals surface area contributed by atoms with Crippen LogP contribution in [0.25, 0.3) is 0 Å². The highest BCUT2D eigenvalue weighted by molar-refractivity contribution is 4.94. The van der Waals surface area contributed by atoms with Crippen molar-refractivity contribution in [3.8, 4) is 0 Å². The lowest BCUT2D eigenvalue weighted by molar-refractivity contribution is -0.0112. The Labute approximate surface area is 106 Å². The molecule has 0 spiro atoms. The first-order valence-electron chi connectivity index (χ1n) is 7.36. The lowest BCUT2D eigenvalue weighted by Crippen LogP contribution is -2.53. The first-order chi connectivity index (χ1) is 7.97. The van der Waals surface area contributed by atoms with Gasteiger partial charge in [0.15, 0.2) is 0 Å². The zero-order valence-corrected chi connectivity index (χ0v) is 11.9. The number of fused-ring (bicyclic) bond motifs is 2. The number of aliphatic hydroxyl groups excluding tert-OH is 1. The van der Waals surface area contributed by atoms with Gasteiger partial charge in [-0.05, 0) is 64.3 Å². The van der Waals surface area contributed by atoms with Gasteiger partial charge in [-0.1, -0.05) is 13.3 Å². The van der Waals surface area contributed by atoms with Gasteiger partial charge in [-0.3, -0.25) is 4.90 Å². The van der Waals surface area contributed by atoms with E-state index >= 15 is 0 Å². The van der Waals surface area contributed by atoms with Crippen LogP contribution < -0.4 is 0 Å². The van der Waals surface area contributed by atoms with E-state index in [1.807, 2.05) is 6.92 Å². The number of hydrogen-bond acceptors (Lipinski definition) is 2. The minimum Gasteiger partial charge on any atom is -0.391 e. The topological polar surface area (TPSA) is 23.5 Å². The maximum absolute atomic E-state index is 10.0. The van der Waals surface area contributed by atoms with Crippen molar-refractivity contribution in [3.05, 3.63) is 0 Å². The second kappa shape index (κ2) is 4.89. The Morgan fingerprint density at radius 1 is 1.35 bits per heavy atom. The fourth-order valence-corrected chi connectivity index (χ4v) is 4.04. The minimum absolute atomic E-state index is 0.0537. The van der Waals surface area contributed by atoms with Gasteiger partial charge in [0.25, 0.3) is 0 Å². The van der Waals surface area contributed by atoms with Crippen molar-refractivity contribution in [2.75, 3.05) is 13.6 Å². The molecule has 5 atom stereocenters. The van der Waals surface area contributed by atoms with Crippen molar-refractivity contribution in [1.82, 2.24) is 4.90 Å². The highest BCUT2D eigenvalue weighted by Crippen LogP contribution is 2.48. The molecule has 0 aromatic rings. The van der Waals surface area contributed by atoms with Crippen LogP contribution >= 0.6 is 0 Å². The molecule has 0 aromatic carbocycles. The van der Waals surface area contributed by atoms with Gasteiger partial charge in [0, 0.05) is 12.1 Å². The first kappa shape index (κ1) is 13.4. The van der Waals surface area contributed by atoms with Crippen LogP contribution in [0.4, 0.5) is 0 Å². The first-order valence-corrected chi connectivity index (χ1v) is 7.36. The van der Waals surface area contributed by atoms with Crippen LogP contribution in [0.2, 0.25) is 0 Å². The van der Waals surface area contributed by atoms with Gasteiger partial charge in [-0.2, -0.15) is 0 Å². The highest BCUT2D eigenvalue weighted by atomic mass is 16.3. The molecular formula is C15H29NO. The summed E-state index contributed by atoms with van der Waals surface area (Å²) in [6, 6.07) is 0. The Balaban J connectivity index is 1.94. The molecule has 0 amide bonds. The van der Waals surface area contributed by atoms with Crippen molar-refractivity contribution in [2.45, 2.75) is 64.5 Å². The predicted octanol–water partition coefficient (Wildman–Crippen LogP) is 2.90. The molecule has 2 aliphatic carbocycles. The summed E-state index contributed by atoms with van der Waals surface area (Å²) in [4.78, 5) is 2.42. The Hall–Kier alpha value is -0.0800. The van der Waals surface area contributed by atoms with E-state index in [0.29, 0.717) is 0 Å². The monoisotopic (exact) mass is 239 g/mol. The molecule has 2 aliphatic rings. The summed E-state index contributed by atoms with van der Waals surface area (Å²) < 4.78 is 0. The quantitative estimate of drug-likeness (QED) is 0.797. The van der Waals surface area contributed by atoms with Crippen molar-refractivity contribution < 1.29 is 5.11 Å². The summed E-state index contributed by atoms with van der Waals surface area (Å²) >= 11 is 0. The SMILES string of the molecule is CCC(C)(C(C)O)N(C)CC1CC2CCC1C2. The fraction of sp³-hybridized carbons (Fsp3) is 1.00. The van der Waals surface area contributed by atoms with Crippen LogP contribution in [-0.2, 0) is 0 Å². The molecule has 100 valence electrons. The predicted molar refractivity (Wildman–Crippen MR) is 71.9 cm³/mol. The Morgan fingerprint density at radius 2 is 2.06 bits per heavy atom. The Morgan fingerprint density at radius 3 is 2.47 bits per heavy atom. The summed E-state index contributed by atoms with van der Waals surface area (Å²) in [6.45, 7) is 7.49. The van der Waals surface area contributed by atoms with E-state index in [-0.39, 0.29) is 11.6 Å². The third-order valence-electron chi connectivity index (χ3n) is 5.88. The molecule has 0 aromatic heterocycles. The highest BCUT2D eigenvalue weighted by Gasteiger charge is 2.42. The van der Waals surface area contributed by atoms with Crippen LogP contribution in [0.15, 0.2) is 0 Å². The smallest absolute Gasteiger partial charge is 0.0692 e. The van der Waals surface area contributed by atoms with E-state index in [2.05, 4.69) is 25.8 Å². The van der Waals surface area contributed by atoms with Gasteiger partial charge in [0.1, 0.15) is 0 Å². The van der Waals surface area contributed by atoms with Crippen LogP contribution in [0.5, 0.6) is 0 Å². The van der Waals surface area contributed by atoms with E-state index in [1.54, 1.807) is 0 Å². The molecule has 0 heterocycles. The summed E-state index contributed by atoms with van der Waals surface area (Å²) in [5, 5.41) is 10.0. The van der Waals surface area contributed by atoms with Crippen LogP contribution in [0.3, 0.4) is 0 Å². The molecule has 2 bridgehead atoms. The molecule has 2 rings (SSSR count). The maximum atomic E-state index is 10.0. The molecule has 0 aliphatic heterocycles. The second-order valence-corrected chi connectivity index (χ2v) is 6.70. The molecule has 0 radical (unpaired) electrons. The lowest BCUT2D eigenvalue weighted by atomic mass is 9.85. The molecule has 17 heavy (non-hydrogen) atoms. The van der Waals surface area contributed by atoms with Crippen LogP contribution in [0.1, 0.15) is 52.9 Å². The van der Waals surface area contributed by atoms with E-state index in [1.165, 1.54) is 32.2 Å². The van der Waals surface area contributed by atoms with Crippen molar-refractivity contribution in [2.24, 2.45) is 17.8 Å². The lowest BCUT2D eigenvalue weighted by Gasteiger charge is -2.43. The van der Waals surface area contributed by atoms with Gasteiger partial charge >= 0.3 is 0 Å². The van der Waals surface area contributed by atoms with Crippen molar-refractivity contribution >= 4 is 0 Å². The van der Waals surface area contributed by atoms with E-state index in [4.69, 9.17) is 0 Å². The van der Waals surface area contributed by atoms with Gasteiger partial charge in [0.05, 0.1) is 6.10 Å². The van der Waals surface area contributed by atoms with Crippen molar-refractivity contribution in [3.63, 3.8) is 0 Å². The third-order valence-corrected chi connectivity index (χ3v) is 5.88. The molecule has 5 unspecified atom stereocenters. The second-order valence-electron chi connectivity index (χ2n) is 6.70. The standard InChI is InChI=1S/C15H29NO/c1-5-15(3,11(2)17)16(4)10-14-9-12-6-7-13(14)8-12/h11-14,17H,5-10H2,1-4H3. The van der Waals surface area contributed by atoms with Gasteiger partial charge in [0.2, 0.25) is 0 Å². The normalized spacial score (nSPS) is 37.4. The number of likely N-dealkylation sites (N-methyl/N-ethyl adjacent to an activating group) is 1. The molecule has 2 nitrogen and oxygen atoms in total. The summed E-state index contributed by atoms with van der Waals surface area (Å²) in [6.07, 6.45) is 6.62. The number of aliphatic hydroxyl groups is 1. The number of nitrogens with zero attached hydrogens (tertiary/aromatic N) is 1. The average molecular weight is 239 g/mol. The number of rotatable bonds is 5. The van der Waals surface area contributed by atoms with Crippen molar-refractivity contribution in [1.29, 1.82) is 0 Å². The zero-order chi connectivity index (χ0) is 12.6. The Kier molecular flexibility index (Phi) is 3.84. The minimum atomic E-state index is -0.254. The maximum Gasteiger partial charge on any atom is 0.0692 e. The van der Waals surface area contributed by atoms with Gasteiger partial charge in [-0.25, -0.2) is 0 Å². The largest absolute Gasteiger partial charge is 0.391 e. The molecular weight excluding hydrogens is 210 g/mol. The Bertz CT molecular complexity index is 266. The van der Waals surface area contributed by atoms with E-state index < -0.39 is 0 Å². The molecule has 2 fully saturated rings. The number of hydrogen-bond donors (Lipinski definition) is 1. The van der Waals surface area contributed by atoms with Crippen LogP contribution in [-0.4, -0.2) is 35.2 Å². The molecule has 2 saturated carbocycles. The van der Waals surface area contributed by atoms with E-state index in [9.17, 15) is 5.11 Å². The molecule has 0 saturated heterocycles. The van der Waals surface area contributed by atoms with E-state index in [0.717, 1.165) is 24.2 Å². The zero-order valence-electron chi connectivity index (χ0n) is 11.9.